The number of imide groups is 1. The molecule has 27 heavy (non-hydrogen) atoms. The summed E-state index contributed by atoms with van der Waals surface area (Å²) < 4.78 is 4.74. The highest BCUT2D eigenvalue weighted by molar-refractivity contribution is 6.10. The molecule has 9 nitrogen and oxygen atoms in total. The monoisotopic (exact) mass is 376 g/mol. The number of rotatable bonds is 8. The molecule has 2 rings (SSSR count). The molecule has 0 bridgehead atoms. The van der Waals surface area contributed by atoms with Crippen LogP contribution < -0.4 is 16.0 Å². The normalized spacial score (nSPS) is 15.4. The maximum Gasteiger partial charge on any atom is 0.325 e. The van der Waals surface area contributed by atoms with Crippen molar-refractivity contribution in [3.8, 4) is 0 Å². The van der Waals surface area contributed by atoms with Gasteiger partial charge in [0.05, 0.1) is 0 Å². The third kappa shape index (κ3) is 4.62. The predicted molar refractivity (Wildman–Crippen MR) is 99.1 cm³/mol. The molecule has 1 saturated heterocycles. The van der Waals surface area contributed by atoms with Gasteiger partial charge in [0.2, 0.25) is 11.8 Å². The molecule has 1 aromatic rings. The Labute approximate surface area is 157 Å². The van der Waals surface area contributed by atoms with Gasteiger partial charge in [0.15, 0.2) is 0 Å². The van der Waals surface area contributed by atoms with Gasteiger partial charge in [-0.1, -0.05) is 19.9 Å². The average Bonchev–Trinajstić information content (AvgIpc) is 2.86. The molecule has 0 saturated carbocycles. The smallest absolute Gasteiger partial charge is 0.325 e. The zero-order chi connectivity index (χ0) is 20.0. The molecular weight excluding hydrogens is 352 g/mol. The van der Waals surface area contributed by atoms with Crippen molar-refractivity contribution in [2.75, 3.05) is 30.9 Å². The molecule has 0 spiro atoms. The third-order valence-electron chi connectivity index (χ3n) is 4.46. The van der Waals surface area contributed by atoms with Gasteiger partial charge in [-0.25, -0.2) is 4.79 Å². The summed E-state index contributed by atoms with van der Waals surface area (Å²) in [7, 11) is 1.41. The second-order valence-corrected chi connectivity index (χ2v) is 6.22. The molecule has 0 unspecified atom stereocenters. The van der Waals surface area contributed by atoms with Gasteiger partial charge in [-0.05, 0) is 31.0 Å². The van der Waals surface area contributed by atoms with E-state index in [1.54, 1.807) is 24.3 Å². The number of hydrogen-bond donors (Lipinski definition) is 3. The van der Waals surface area contributed by atoms with Crippen LogP contribution in [0.25, 0.3) is 0 Å². The summed E-state index contributed by atoms with van der Waals surface area (Å²) in [6.07, 6.45) is 0.908. The lowest BCUT2D eigenvalue weighted by atomic mass is 9.93. The molecule has 0 radical (unpaired) electrons. The van der Waals surface area contributed by atoms with E-state index in [0.717, 1.165) is 4.90 Å². The van der Waals surface area contributed by atoms with Crippen molar-refractivity contribution in [3.05, 3.63) is 24.3 Å². The molecule has 0 aromatic heterocycles. The minimum absolute atomic E-state index is 0.0840. The Bertz CT molecular complexity index is 745. The van der Waals surface area contributed by atoms with Crippen LogP contribution in [0.1, 0.15) is 26.7 Å². The van der Waals surface area contributed by atoms with Crippen LogP contribution >= 0.6 is 0 Å². The summed E-state index contributed by atoms with van der Waals surface area (Å²) in [5.41, 5.74) is -0.0246. The number of carbonyl (C=O) groups excluding carboxylic acids is 4. The number of anilines is 2. The number of urea groups is 1. The second-order valence-electron chi connectivity index (χ2n) is 6.22. The lowest BCUT2D eigenvalue weighted by Crippen LogP contribution is -2.46. The van der Waals surface area contributed by atoms with Crippen LogP contribution in [0, 0.1) is 0 Å². The highest BCUT2D eigenvalue weighted by Gasteiger charge is 2.49. The van der Waals surface area contributed by atoms with Crippen molar-refractivity contribution in [1.82, 2.24) is 10.2 Å². The molecule has 9 heteroatoms. The molecule has 5 amide bonds. The van der Waals surface area contributed by atoms with Crippen LogP contribution in [0.15, 0.2) is 24.3 Å². The first-order chi connectivity index (χ1) is 12.8. The number of nitrogens with zero attached hydrogens (tertiary/aromatic N) is 1. The Morgan fingerprint density at radius 3 is 2.22 bits per heavy atom. The van der Waals surface area contributed by atoms with Crippen LogP contribution in [-0.4, -0.2) is 54.5 Å². The Kier molecular flexibility index (Phi) is 6.51. The molecule has 0 aliphatic carbocycles. The van der Waals surface area contributed by atoms with Crippen molar-refractivity contribution < 1.29 is 23.9 Å². The highest BCUT2D eigenvalue weighted by atomic mass is 16.5. The number of ether oxygens (including phenoxy) is 1. The number of hydrogen-bond acceptors (Lipinski definition) is 5. The average molecular weight is 376 g/mol. The standard InChI is InChI=1S/C18H24N4O5/c1-4-18(5-2)16(25)22(17(26)21-18)10-14(23)19-12-7-6-8-13(9-12)20-15(24)11-27-3/h6-9H,4-5,10-11H2,1-3H3,(H,19,23)(H,20,24)(H,21,26). The Balaban J connectivity index is 2.01. The molecule has 0 atom stereocenters. The minimum Gasteiger partial charge on any atom is -0.375 e. The lowest BCUT2D eigenvalue weighted by Gasteiger charge is -2.23. The largest absolute Gasteiger partial charge is 0.375 e. The Morgan fingerprint density at radius 1 is 1.11 bits per heavy atom. The van der Waals surface area contributed by atoms with Crippen LogP contribution in [0.2, 0.25) is 0 Å². The van der Waals surface area contributed by atoms with Crippen LogP contribution in [0.5, 0.6) is 0 Å². The molecule has 1 heterocycles. The predicted octanol–water partition coefficient (Wildman–Crippen LogP) is 1.32. The van der Waals surface area contributed by atoms with E-state index in [4.69, 9.17) is 4.74 Å². The SMILES string of the molecule is CCC1(CC)NC(=O)N(CC(=O)Nc2cccc(NC(=O)COC)c2)C1=O. The van der Waals surface area contributed by atoms with Crippen LogP contribution in [0.4, 0.5) is 16.2 Å². The zero-order valence-corrected chi connectivity index (χ0v) is 15.6. The maximum absolute atomic E-state index is 12.5. The summed E-state index contributed by atoms with van der Waals surface area (Å²) in [5, 5.41) is 7.93. The van der Waals surface area contributed by atoms with E-state index >= 15 is 0 Å². The van der Waals surface area contributed by atoms with E-state index in [9.17, 15) is 19.2 Å². The summed E-state index contributed by atoms with van der Waals surface area (Å²) in [5.74, 6) is -1.23. The second kappa shape index (κ2) is 8.63. The number of methoxy groups -OCH3 is 1. The van der Waals surface area contributed by atoms with Gasteiger partial charge >= 0.3 is 6.03 Å². The minimum atomic E-state index is -0.942. The lowest BCUT2D eigenvalue weighted by molar-refractivity contribution is -0.134. The Morgan fingerprint density at radius 2 is 1.70 bits per heavy atom. The first kappa shape index (κ1) is 20.4. The molecule has 1 aliphatic rings. The molecule has 1 aliphatic heterocycles. The van der Waals surface area contributed by atoms with Crippen molar-refractivity contribution in [2.45, 2.75) is 32.2 Å². The molecule has 1 aromatic carbocycles. The molecular formula is C18H24N4O5. The fraction of sp³-hybridized carbons (Fsp3) is 0.444. The molecule has 1 fully saturated rings. The van der Waals surface area contributed by atoms with Crippen molar-refractivity contribution in [3.63, 3.8) is 0 Å². The maximum atomic E-state index is 12.5. The van der Waals surface area contributed by atoms with E-state index in [2.05, 4.69) is 16.0 Å². The van der Waals surface area contributed by atoms with E-state index in [0.29, 0.717) is 24.2 Å². The van der Waals surface area contributed by atoms with Gasteiger partial charge in [0.1, 0.15) is 18.7 Å². The summed E-state index contributed by atoms with van der Waals surface area (Å²) >= 11 is 0. The highest BCUT2D eigenvalue weighted by Crippen LogP contribution is 2.24. The van der Waals surface area contributed by atoms with Crippen LogP contribution in [0.3, 0.4) is 0 Å². The van der Waals surface area contributed by atoms with Crippen LogP contribution in [-0.2, 0) is 19.1 Å². The van der Waals surface area contributed by atoms with E-state index in [1.807, 2.05) is 13.8 Å². The fourth-order valence-corrected chi connectivity index (χ4v) is 2.90. The third-order valence-corrected chi connectivity index (χ3v) is 4.46. The quantitative estimate of drug-likeness (QED) is 0.592. The van der Waals surface area contributed by atoms with E-state index in [-0.39, 0.29) is 19.1 Å². The topological polar surface area (TPSA) is 117 Å². The van der Waals surface area contributed by atoms with E-state index < -0.39 is 23.4 Å². The fourth-order valence-electron chi connectivity index (χ4n) is 2.90. The first-order valence-corrected chi connectivity index (χ1v) is 8.68. The number of amides is 5. The summed E-state index contributed by atoms with van der Waals surface area (Å²) in [4.78, 5) is 49.4. The Hall–Kier alpha value is -2.94. The molecule has 146 valence electrons. The van der Waals surface area contributed by atoms with Gasteiger partial charge in [-0.3, -0.25) is 19.3 Å². The van der Waals surface area contributed by atoms with Gasteiger partial charge < -0.3 is 20.7 Å². The van der Waals surface area contributed by atoms with E-state index in [1.165, 1.54) is 7.11 Å². The summed E-state index contributed by atoms with van der Waals surface area (Å²) in [6.45, 7) is 3.16. The van der Waals surface area contributed by atoms with Gasteiger partial charge in [0, 0.05) is 18.5 Å². The number of nitrogens with one attached hydrogen (secondary N) is 3. The van der Waals surface area contributed by atoms with Crippen molar-refractivity contribution in [2.24, 2.45) is 0 Å². The van der Waals surface area contributed by atoms with Gasteiger partial charge in [-0.15, -0.1) is 0 Å². The zero-order valence-electron chi connectivity index (χ0n) is 15.6. The van der Waals surface area contributed by atoms with Gasteiger partial charge in [-0.2, -0.15) is 0 Å². The number of benzene rings is 1. The molecule has 3 N–H and O–H groups in total. The first-order valence-electron chi connectivity index (χ1n) is 8.68. The summed E-state index contributed by atoms with van der Waals surface area (Å²) in [6, 6.07) is 5.96. The number of carbonyl (C=O) groups is 4. The van der Waals surface area contributed by atoms with Gasteiger partial charge in [0.25, 0.3) is 5.91 Å². The van der Waals surface area contributed by atoms with Crippen molar-refractivity contribution >= 4 is 35.1 Å². The van der Waals surface area contributed by atoms with Crippen molar-refractivity contribution in [1.29, 1.82) is 0 Å².